The van der Waals surface area contributed by atoms with Gasteiger partial charge in [-0.25, -0.2) is 0 Å². The number of carbonyl (C=O) groups is 1. The Morgan fingerprint density at radius 2 is 2.35 bits per heavy atom. The van der Waals surface area contributed by atoms with Crippen LogP contribution in [0.25, 0.3) is 0 Å². The zero-order valence-electron chi connectivity index (χ0n) is 9.79. The molecule has 0 fully saturated rings. The van der Waals surface area contributed by atoms with Crippen molar-refractivity contribution in [1.29, 1.82) is 0 Å². The van der Waals surface area contributed by atoms with Crippen molar-refractivity contribution in [2.24, 2.45) is 0 Å². The molecule has 0 aliphatic carbocycles. The lowest BCUT2D eigenvalue weighted by atomic mass is 10.1. The van der Waals surface area contributed by atoms with Gasteiger partial charge in [0.1, 0.15) is 5.75 Å². The minimum atomic E-state index is -0.275. The van der Waals surface area contributed by atoms with Crippen molar-refractivity contribution in [2.75, 3.05) is 7.11 Å². The Hall–Kier alpha value is -1.66. The van der Waals surface area contributed by atoms with Gasteiger partial charge < -0.3 is 10.1 Å². The monoisotopic (exact) mass is 251 g/mol. The smallest absolute Gasteiger partial charge is 0.256 e. The summed E-state index contributed by atoms with van der Waals surface area (Å²) in [4.78, 5) is 11.9. The van der Waals surface area contributed by atoms with Crippen LogP contribution in [0.15, 0.2) is 18.2 Å². The number of ether oxygens (including phenoxy) is 1. The highest BCUT2D eigenvalue weighted by Gasteiger charge is 2.14. The number of benzene rings is 1. The number of methoxy groups -OCH3 is 1. The fourth-order valence-electron chi connectivity index (χ4n) is 1.35. The van der Waals surface area contributed by atoms with Crippen molar-refractivity contribution >= 4 is 17.5 Å². The summed E-state index contributed by atoms with van der Waals surface area (Å²) in [6.07, 6.45) is 5.97. The average molecular weight is 252 g/mol. The number of terminal acetylenes is 1. The molecule has 0 saturated heterocycles. The van der Waals surface area contributed by atoms with Crippen LogP contribution in [-0.2, 0) is 0 Å². The van der Waals surface area contributed by atoms with Crippen LogP contribution < -0.4 is 10.1 Å². The van der Waals surface area contributed by atoms with Gasteiger partial charge in [0.15, 0.2) is 0 Å². The molecule has 1 amide bonds. The molecule has 3 nitrogen and oxygen atoms in total. The maximum atomic E-state index is 11.9. The van der Waals surface area contributed by atoms with E-state index in [2.05, 4.69) is 11.2 Å². The van der Waals surface area contributed by atoms with Crippen LogP contribution in [0, 0.1) is 12.3 Å². The van der Waals surface area contributed by atoms with Crippen molar-refractivity contribution in [1.82, 2.24) is 5.32 Å². The molecule has 0 aromatic heterocycles. The van der Waals surface area contributed by atoms with Crippen LogP contribution in [0.5, 0.6) is 5.75 Å². The Labute approximate surface area is 106 Å². The van der Waals surface area contributed by atoms with Gasteiger partial charge >= 0.3 is 0 Å². The number of nitrogens with one attached hydrogen (secondary N) is 1. The molecular formula is C13H14ClNO2. The first-order chi connectivity index (χ1) is 8.12. The normalized spacial score (nSPS) is 11.4. The topological polar surface area (TPSA) is 38.3 Å². The highest BCUT2D eigenvalue weighted by Crippen LogP contribution is 2.23. The molecule has 0 bridgehead atoms. The Bertz CT molecular complexity index is 451. The molecule has 1 aromatic carbocycles. The van der Waals surface area contributed by atoms with Gasteiger partial charge in [-0.05, 0) is 24.6 Å². The van der Waals surface area contributed by atoms with Crippen LogP contribution in [0.4, 0.5) is 0 Å². The number of hydrogen-bond donors (Lipinski definition) is 1. The first-order valence-corrected chi connectivity index (χ1v) is 5.60. The van der Waals surface area contributed by atoms with E-state index in [1.54, 1.807) is 18.2 Å². The van der Waals surface area contributed by atoms with Crippen LogP contribution >= 0.6 is 11.6 Å². The van der Waals surface area contributed by atoms with Gasteiger partial charge in [-0.3, -0.25) is 4.79 Å². The molecule has 1 N–H and O–H groups in total. The molecule has 1 rings (SSSR count). The van der Waals surface area contributed by atoms with E-state index < -0.39 is 0 Å². The second kappa shape index (κ2) is 6.17. The first kappa shape index (κ1) is 13.4. The third kappa shape index (κ3) is 3.40. The van der Waals surface area contributed by atoms with E-state index in [1.807, 2.05) is 6.92 Å². The third-order valence-corrected chi connectivity index (χ3v) is 2.56. The summed E-state index contributed by atoms with van der Waals surface area (Å²) in [5.74, 6) is 2.67. The summed E-state index contributed by atoms with van der Waals surface area (Å²) in [6.45, 7) is 1.91. The quantitative estimate of drug-likeness (QED) is 0.835. The maximum Gasteiger partial charge on any atom is 0.256 e. The van der Waals surface area contributed by atoms with Gasteiger partial charge in [0, 0.05) is 5.02 Å². The summed E-state index contributed by atoms with van der Waals surface area (Å²) >= 11 is 5.82. The molecule has 4 heteroatoms. The lowest BCUT2D eigenvalue weighted by Crippen LogP contribution is -2.33. The summed E-state index contributed by atoms with van der Waals surface area (Å²) in [6, 6.07) is 4.56. The van der Waals surface area contributed by atoms with Gasteiger partial charge in [0.05, 0.1) is 18.7 Å². The van der Waals surface area contributed by atoms with Crippen molar-refractivity contribution in [3.05, 3.63) is 28.8 Å². The third-order valence-electron chi connectivity index (χ3n) is 2.32. The zero-order chi connectivity index (χ0) is 12.8. The largest absolute Gasteiger partial charge is 0.496 e. The van der Waals surface area contributed by atoms with Crippen LogP contribution in [-0.4, -0.2) is 19.1 Å². The maximum absolute atomic E-state index is 11.9. The van der Waals surface area contributed by atoms with E-state index >= 15 is 0 Å². The molecule has 1 aromatic rings. The molecule has 0 heterocycles. The second-order valence-electron chi connectivity index (χ2n) is 3.45. The predicted octanol–water partition coefficient (Wildman–Crippen LogP) is 2.49. The Balaban J connectivity index is 2.93. The molecule has 90 valence electrons. The molecule has 0 radical (unpaired) electrons. The average Bonchev–Trinajstić information content (AvgIpc) is 2.35. The number of halogens is 1. The van der Waals surface area contributed by atoms with Crippen LogP contribution in [0.3, 0.4) is 0 Å². The van der Waals surface area contributed by atoms with E-state index in [0.717, 1.165) is 0 Å². The van der Waals surface area contributed by atoms with E-state index in [9.17, 15) is 4.79 Å². The van der Waals surface area contributed by atoms with Crippen molar-refractivity contribution in [3.8, 4) is 18.1 Å². The SMILES string of the molecule is C#CC(CC)NC(=O)c1ccc(Cl)cc1OC. The van der Waals surface area contributed by atoms with Gasteiger partial charge in [-0.15, -0.1) is 6.42 Å². The minimum Gasteiger partial charge on any atom is -0.496 e. The van der Waals surface area contributed by atoms with E-state index in [1.165, 1.54) is 7.11 Å². The fraction of sp³-hybridized carbons (Fsp3) is 0.308. The van der Waals surface area contributed by atoms with Crippen LogP contribution in [0.1, 0.15) is 23.7 Å². The second-order valence-corrected chi connectivity index (χ2v) is 3.88. The predicted molar refractivity (Wildman–Crippen MR) is 68.4 cm³/mol. The van der Waals surface area contributed by atoms with E-state index in [4.69, 9.17) is 22.8 Å². The van der Waals surface area contributed by atoms with Crippen molar-refractivity contribution in [3.63, 3.8) is 0 Å². The van der Waals surface area contributed by atoms with Gasteiger partial charge in [-0.1, -0.05) is 24.4 Å². The summed E-state index contributed by atoms with van der Waals surface area (Å²) in [5.41, 5.74) is 0.422. The molecule has 1 unspecified atom stereocenters. The number of amides is 1. The lowest BCUT2D eigenvalue weighted by Gasteiger charge is -2.13. The minimum absolute atomic E-state index is 0.261. The fourth-order valence-corrected chi connectivity index (χ4v) is 1.51. The van der Waals surface area contributed by atoms with E-state index in [0.29, 0.717) is 22.8 Å². The number of hydrogen-bond acceptors (Lipinski definition) is 2. The molecule has 1 atom stereocenters. The summed E-state index contributed by atoms with van der Waals surface area (Å²) in [7, 11) is 1.49. The highest BCUT2D eigenvalue weighted by molar-refractivity contribution is 6.30. The van der Waals surface area contributed by atoms with Crippen LogP contribution in [0.2, 0.25) is 5.02 Å². The standard InChI is InChI=1S/C13H14ClNO2/c1-4-10(5-2)15-13(16)11-7-6-9(14)8-12(11)17-3/h1,6-8,10H,5H2,2-3H3,(H,15,16). The highest BCUT2D eigenvalue weighted by atomic mass is 35.5. The molecule has 0 aliphatic rings. The first-order valence-electron chi connectivity index (χ1n) is 5.22. The lowest BCUT2D eigenvalue weighted by molar-refractivity contribution is 0.0942. The Morgan fingerprint density at radius 3 is 2.88 bits per heavy atom. The number of rotatable bonds is 4. The van der Waals surface area contributed by atoms with E-state index in [-0.39, 0.29) is 11.9 Å². The molecule has 0 spiro atoms. The molecule has 17 heavy (non-hydrogen) atoms. The van der Waals surface area contributed by atoms with Crippen molar-refractivity contribution in [2.45, 2.75) is 19.4 Å². The Kier molecular flexibility index (Phi) is 4.86. The van der Waals surface area contributed by atoms with Crippen molar-refractivity contribution < 1.29 is 9.53 Å². The van der Waals surface area contributed by atoms with Gasteiger partial charge in [0.2, 0.25) is 0 Å². The summed E-state index contributed by atoms with van der Waals surface area (Å²) < 4.78 is 5.10. The zero-order valence-corrected chi connectivity index (χ0v) is 10.5. The van der Waals surface area contributed by atoms with Gasteiger partial charge in [-0.2, -0.15) is 0 Å². The molecular weight excluding hydrogens is 238 g/mol. The summed E-state index contributed by atoms with van der Waals surface area (Å²) in [5, 5.41) is 3.24. The molecule has 0 saturated carbocycles. The molecule has 0 aliphatic heterocycles. The van der Waals surface area contributed by atoms with Gasteiger partial charge in [0.25, 0.3) is 5.91 Å². The Morgan fingerprint density at radius 1 is 1.65 bits per heavy atom. The number of carbonyl (C=O) groups excluding carboxylic acids is 1.